The van der Waals surface area contributed by atoms with Crippen LogP contribution < -0.4 is 0 Å². The van der Waals surface area contributed by atoms with Gasteiger partial charge in [0.25, 0.3) is 0 Å². The number of benzene rings is 2. The Hall–Kier alpha value is -1.43. The summed E-state index contributed by atoms with van der Waals surface area (Å²) in [5.74, 6) is -1.77. The van der Waals surface area contributed by atoms with Crippen molar-refractivity contribution in [1.29, 1.82) is 0 Å². The third-order valence-electron chi connectivity index (χ3n) is 3.14. The van der Waals surface area contributed by atoms with Crippen molar-refractivity contribution in [2.45, 2.75) is 6.54 Å². The van der Waals surface area contributed by atoms with Crippen LogP contribution in [0.1, 0.15) is 5.56 Å². The molecule has 3 rings (SSSR count). The minimum Gasteiger partial charge on any atom is -0.331 e. The number of nitrogens with zero attached hydrogens (tertiary/aromatic N) is 1. The van der Waals surface area contributed by atoms with E-state index in [9.17, 15) is 8.78 Å². The predicted octanol–water partition coefficient (Wildman–Crippen LogP) is 5.33. The molecule has 0 atom stereocenters. The van der Waals surface area contributed by atoms with Gasteiger partial charge in [-0.1, -0.05) is 29.3 Å². The molecule has 1 aromatic heterocycles. The fourth-order valence-corrected chi connectivity index (χ4v) is 2.72. The smallest absolute Gasteiger partial charge is 0.178 e. The highest BCUT2D eigenvalue weighted by atomic mass is 35.5. The fraction of sp³-hybridized carbons (Fsp3) is 0.0714. The van der Waals surface area contributed by atoms with Gasteiger partial charge in [-0.2, -0.15) is 0 Å². The van der Waals surface area contributed by atoms with Crippen LogP contribution in [0.4, 0.5) is 8.78 Å². The van der Waals surface area contributed by atoms with Crippen LogP contribution in [-0.4, -0.2) is 9.55 Å². The quantitative estimate of drug-likeness (QED) is 0.623. The minimum atomic E-state index is -0.889. The Balaban J connectivity index is 2.11. The topological polar surface area (TPSA) is 20.7 Å². The predicted molar refractivity (Wildman–Crippen MR) is 82.6 cm³/mol. The minimum absolute atomic E-state index is 0.300. The molecule has 0 saturated carbocycles. The molecule has 0 bridgehead atoms. The van der Waals surface area contributed by atoms with E-state index < -0.39 is 11.6 Å². The largest absolute Gasteiger partial charge is 0.331 e. The molecule has 0 aliphatic heterocycles. The average molecular weight is 345 g/mol. The first-order valence-electron chi connectivity index (χ1n) is 5.97. The Morgan fingerprint density at radius 3 is 2.48 bits per heavy atom. The van der Waals surface area contributed by atoms with E-state index in [1.54, 1.807) is 16.7 Å². The van der Waals surface area contributed by atoms with Crippen LogP contribution in [0.25, 0.3) is 11.0 Å². The highest BCUT2D eigenvalue weighted by Gasteiger charge is 2.10. The van der Waals surface area contributed by atoms with E-state index in [1.165, 1.54) is 6.07 Å². The molecule has 1 N–H and O–H groups in total. The normalized spacial score (nSPS) is 11.2. The molecule has 0 radical (unpaired) electrons. The molecule has 0 fully saturated rings. The summed E-state index contributed by atoms with van der Waals surface area (Å²) in [7, 11) is 0. The number of rotatable bonds is 2. The van der Waals surface area contributed by atoms with Gasteiger partial charge in [-0.25, -0.2) is 8.78 Å². The molecule has 0 amide bonds. The van der Waals surface area contributed by atoms with Crippen molar-refractivity contribution in [3.63, 3.8) is 0 Å². The zero-order chi connectivity index (χ0) is 15.1. The van der Waals surface area contributed by atoms with Gasteiger partial charge in [0.15, 0.2) is 16.4 Å². The fourth-order valence-electron chi connectivity index (χ4n) is 2.13. The van der Waals surface area contributed by atoms with E-state index in [0.29, 0.717) is 26.9 Å². The van der Waals surface area contributed by atoms with Crippen LogP contribution in [0.3, 0.4) is 0 Å². The van der Waals surface area contributed by atoms with Crippen molar-refractivity contribution >= 4 is 46.5 Å². The summed E-state index contributed by atoms with van der Waals surface area (Å²) < 4.78 is 28.5. The van der Waals surface area contributed by atoms with Crippen molar-refractivity contribution in [1.82, 2.24) is 9.55 Å². The standard InChI is InChI=1S/C14H8Cl2F2N2S/c15-8-4-12-13(5-9(8)16)20(14(21)19-12)6-7-1-2-10(17)11(18)3-7/h1-5H,6H2,(H,19,21). The van der Waals surface area contributed by atoms with Crippen LogP contribution in [0.15, 0.2) is 30.3 Å². The zero-order valence-corrected chi connectivity index (χ0v) is 12.8. The molecule has 21 heavy (non-hydrogen) atoms. The van der Waals surface area contributed by atoms with E-state index in [1.807, 2.05) is 0 Å². The van der Waals surface area contributed by atoms with Crippen molar-refractivity contribution in [3.05, 3.63) is 62.3 Å². The van der Waals surface area contributed by atoms with E-state index in [-0.39, 0.29) is 0 Å². The summed E-state index contributed by atoms with van der Waals surface area (Å²) in [5.41, 5.74) is 2.08. The van der Waals surface area contributed by atoms with Gasteiger partial charge in [-0.15, -0.1) is 0 Å². The SMILES string of the molecule is Fc1ccc(Cn2c(=S)[nH]c3cc(Cl)c(Cl)cc32)cc1F. The van der Waals surface area contributed by atoms with Gasteiger partial charge in [-0.05, 0) is 42.0 Å². The van der Waals surface area contributed by atoms with Crippen LogP contribution in [-0.2, 0) is 6.54 Å². The molecule has 0 aliphatic rings. The number of nitrogens with one attached hydrogen (secondary N) is 1. The van der Waals surface area contributed by atoms with Crippen molar-refractivity contribution in [3.8, 4) is 0 Å². The van der Waals surface area contributed by atoms with Crippen LogP contribution >= 0.6 is 35.4 Å². The van der Waals surface area contributed by atoms with Crippen molar-refractivity contribution in [2.75, 3.05) is 0 Å². The third kappa shape index (κ3) is 2.69. The Labute approximate surface area is 133 Å². The Kier molecular flexibility index (Phi) is 3.73. The summed E-state index contributed by atoms with van der Waals surface area (Å²) in [6, 6.07) is 7.11. The first-order valence-corrected chi connectivity index (χ1v) is 7.13. The van der Waals surface area contributed by atoms with Gasteiger partial charge in [0.1, 0.15) is 0 Å². The van der Waals surface area contributed by atoms with Crippen LogP contribution in [0, 0.1) is 16.4 Å². The van der Waals surface area contributed by atoms with Crippen molar-refractivity contribution < 1.29 is 8.78 Å². The van der Waals surface area contributed by atoms with E-state index in [4.69, 9.17) is 35.4 Å². The number of imidazole rings is 1. The lowest BCUT2D eigenvalue weighted by atomic mass is 10.2. The zero-order valence-electron chi connectivity index (χ0n) is 10.5. The van der Waals surface area contributed by atoms with Crippen molar-refractivity contribution in [2.24, 2.45) is 0 Å². The molecule has 2 nitrogen and oxygen atoms in total. The molecule has 0 saturated heterocycles. The highest BCUT2D eigenvalue weighted by Crippen LogP contribution is 2.28. The average Bonchev–Trinajstić information content (AvgIpc) is 2.71. The van der Waals surface area contributed by atoms with Gasteiger partial charge in [0, 0.05) is 0 Å². The number of aromatic nitrogens is 2. The summed E-state index contributed by atoms with van der Waals surface area (Å²) in [6.07, 6.45) is 0. The maximum absolute atomic E-state index is 13.3. The second-order valence-electron chi connectivity index (χ2n) is 4.55. The number of hydrogen-bond donors (Lipinski definition) is 1. The molecule has 0 aliphatic carbocycles. The summed E-state index contributed by atoms with van der Waals surface area (Å²) >= 11 is 17.2. The number of fused-ring (bicyclic) bond motifs is 1. The number of H-pyrrole nitrogens is 1. The number of halogens is 4. The van der Waals surface area contributed by atoms with Crippen LogP contribution in [0.5, 0.6) is 0 Å². The summed E-state index contributed by atoms with van der Waals surface area (Å²) in [6.45, 7) is 0.300. The molecule has 7 heteroatoms. The molecule has 1 heterocycles. The number of aromatic amines is 1. The maximum Gasteiger partial charge on any atom is 0.178 e. The first kappa shape index (κ1) is 14.5. The lowest BCUT2D eigenvalue weighted by Gasteiger charge is -2.06. The highest BCUT2D eigenvalue weighted by molar-refractivity contribution is 7.71. The van der Waals surface area contributed by atoms with Crippen LogP contribution in [0.2, 0.25) is 10.0 Å². The third-order valence-corrected chi connectivity index (χ3v) is 4.19. The Bertz CT molecular complexity index is 902. The van der Waals surface area contributed by atoms with Gasteiger partial charge in [-0.3, -0.25) is 0 Å². The summed E-state index contributed by atoms with van der Waals surface area (Å²) in [5, 5.41) is 0.817. The lowest BCUT2D eigenvalue weighted by Crippen LogP contribution is -2.00. The number of hydrogen-bond acceptors (Lipinski definition) is 1. The Morgan fingerprint density at radius 2 is 1.76 bits per heavy atom. The maximum atomic E-state index is 13.3. The monoisotopic (exact) mass is 344 g/mol. The summed E-state index contributed by atoms with van der Waals surface area (Å²) in [4.78, 5) is 3.01. The van der Waals surface area contributed by atoms with E-state index in [2.05, 4.69) is 4.98 Å². The van der Waals surface area contributed by atoms with Gasteiger partial charge >= 0.3 is 0 Å². The molecular weight excluding hydrogens is 337 g/mol. The molecular formula is C14H8Cl2F2N2S. The van der Waals surface area contributed by atoms with Gasteiger partial charge in [0.05, 0.1) is 27.6 Å². The molecule has 108 valence electrons. The lowest BCUT2D eigenvalue weighted by molar-refractivity contribution is 0.506. The first-order chi connectivity index (χ1) is 9.95. The molecule has 0 unspecified atom stereocenters. The second kappa shape index (κ2) is 5.40. The van der Waals surface area contributed by atoms with E-state index in [0.717, 1.165) is 23.2 Å². The Morgan fingerprint density at radius 1 is 1.05 bits per heavy atom. The van der Waals surface area contributed by atoms with Gasteiger partial charge < -0.3 is 9.55 Å². The van der Waals surface area contributed by atoms with E-state index >= 15 is 0 Å². The van der Waals surface area contributed by atoms with Gasteiger partial charge in [0.2, 0.25) is 0 Å². The molecule has 3 aromatic rings. The molecule has 2 aromatic carbocycles. The molecule has 0 spiro atoms. The second-order valence-corrected chi connectivity index (χ2v) is 5.75.